The highest BCUT2D eigenvalue weighted by Gasteiger charge is 1.91. The van der Waals surface area contributed by atoms with Crippen LogP contribution in [0.15, 0.2) is 0 Å². The Morgan fingerprint density at radius 2 is 2.12 bits per heavy atom. The summed E-state index contributed by atoms with van der Waals surface area (Å²) >= 11 is 0. The lowest BCUT2D eigenvalue weighted by Crippen LogP contribution is -2.50. The highest BCUT2D eigenvalue weighted by molar-refractivity contribution is 5.73. The Bertz CT molecular complexity index is 72.8. The fourth-order valence-corrected chi connectivity index (χ4v) is 0.476. The van der Waals surface area contributed by atoms with Gasteiger partial charge in [-0.2, -0.15) is 0 Å². The first-order valence-electron chi connectivity index (χ1n) is 2.85. The van der Waals surface area contributed by atoms with Crippen LogP contribution in [0.25, 0.3) is 0 Å². The molecule has 5 N–H and O–H groups in total. The molecule has 48 valence electrons. The summed E-state index contributed by atoms with van der Waals surface area (Å²) in [5.41, 5.74) is 8.50. The van der Waals surface area contributed by atoms with E-state index in [4.69, 9.17) is 5.73 Å². The quantitative estimate of drug-likeness (QED) is 0.450. The molecule has 0 saturated carbocycles. The zero-order chi connectivity index (χ0) is 6.41. The first-order valence-corrected chi connectivity index (χ1v) is 2.85. The van der Waals surface area contributed by atoms with Crippen LogP contribution in [0.5, 0.6) is 0 Å². The maximum atomic E-state index is 10.1. The molecule has 0 rings (SSSR count). The smallest absolute Gasteiger partial charge is 0.217 e. The third-order valence-electron chi connectivity index (χ3n) is 0.923. The third kappa shape index (κ3) is 5.43. The lowest BCUT2D eigenvalue weighted by atomic mass is 10.2. The molecule has 0 aromatic heterocycles. The number of primary amides is 1. The SMILES string of the molecule is NC(=O)CCCC[NH3+]. The van der Waals surface area contributed by atoms with Gasteiger partial charge in [0.15, 0.2) is 0 Å². The molecule has 0 spiro atoms. The summed E-state index contributed by atoms with van der Waals surface area (Å²) in [5.74, 6) is -0.210. The van der Waals surface area contributed by atoms with E-state index >= 15 is 0 Å². The summed E-state index contributed by atoms with van der Waals surface area (Å²) in [4.78, 5) is 10.1. The summed E-state index contributed by atoms with van der Waals surface area (Å²) in [6.45, 7) is 0.896. The summed E-state index contributed by atoms with van der Waals surface area (Å²) in [7, 11) is 0. The number of carbonyl (C=O) groups excluding carboxylic acids is 1. The molecular formula is C5H13N2O+. The van der Waals surface area contributed by atoms with Crippen LogP contribution in [-0.2, 0) is 4.79 Å². The Morgan fingerprint density at radius 1 is 1.50 bits per heavy atom. The van der Waals surface area contributed by atoms with Gasteiger partial charge in [0.25, 0.3) is 0 Å². The van der Waals surface area contributed by atoms with Crippen LogP contribution in [0, 0.1) is 0 Å². The van der Waals surface area contributed by atoms with Gasteiger partial charge in [-0.3, -0.25) is 4.79 Å². The molecule has 0 saturated heterocycles. The van der Waals surface area contributed by atoms with Crippen LogP contribution in [0.4, 0.5) is 0 Å². The van der Waals surface area contributed by atoms with Gasteiger partial charge >= 0.3 is 0 Å². The van der Waals surface area contributed by atoms with E-state index in [1.165, 1.54) is 0 Å². The van der Waals surface area contributed by atoms with Crippen molar-refractivity contribution >= 4 is 5.91 Å². The predicted molar refractivity (Wildman–Crippen MR) is 30.8 cm³/mol. The van der Waals surface area contributed by atoms with E-state index in [1.807, 2.05) is 0 Å². The number of hydrogen-bond donors (Lipinski definition) is 2. The number of unbranched alkanes of at least 4 members (excludes halogenated alkanes) is 1. The van der Waals surface area contributed by atoms with Gasteiger partial charge in [-0.05, 0) is 12.8 Å². The number of nitrogens with two attached hydrogens (primary N) is 1. The van der Waals surface area contributed by atoms with Crippen molar-refractivity contribution in [1.29, 1.82) is 0 Å². The van der Waals surface area contributed by atoms with Crippen LogP contribution in [0.1, 0.15) is 19.3 Å². The van der Waals surface area contributed by atoms with E-state index in [0.29, 0.717) is 6.42 Å². The van der Waals surface area contributed by atoms with Gasteiger partial charge in [-0.15, -0.1) is 0 Å². The minimum atomic E-state index is -0.210. The van der Waals surface area contributed by atoms with Crippen LogP contribution in [0.3, 0.4) is 0 Å². The Kier molecular flexibility index (Phi) is 4.26. The summed E-state index contributed by atoms with van der Waals surface area (Å²) < 4.78 is 0. The van der Waals surface area contributed by atoms with E-state index in [1.54, 1.807) is 0 Å². The van der Waals surface area contributed by atoms with E-state index in [2.05, 4.69) is 5.73 Å². The van der Waals surface area contributed by atoms with E-state index in [-0.39, 0.29) is 5.91 Å². The molecule has 3 nitrogen and oxygen atoms in total. The van der Waals surface area contributed by atoms with Gasteiger partial charge < -0.3 is 11.5 Å². The van der Waals surface area contributed by atoms with Gasteiger partial charge in [0.1, 0.15) is 0 Å². The van der Waals surface area contributed by atoms with Crippen LogP contribution in [0.2, 0.25) is 0 Å². The summed E-state index contributed by atoms with van der Waals surface area (Å²) in [6.07, 6.45) is 2.40. The van der Waals surface area contributed by atoms with E-state index in [0.717, 1.165) is 19.4 Å². The monoisotopic (exact) mass is 117 g/mol. The van der Waals surface area contributed by atoms with Crippen molar-refractivity contribution in [2.75, 3.05) is 6.54 Å². The van der Waals surface area contributed by atoms with Crippen molar-refractivity contribution in [2.45, 2.75) is 19.3 Å². The number of hydrogen-bond acceptors (Lipinski definition) is 1. The molecule has 0 heterocycles. The largest absolute Gasteiger partial charge is 0.370 e. The number of quaternary nitrogens is 1. The van der Waals surface area contributed by atoms with Gasteiger partial charge in [0.05, 0.1) is 6.54 Å². The Hall–Kier alpha value is -0.570. The van der Waals surface area contributed by atoms with Crippen molar-refractivity contribution in [3.8, 4) is 0 Å². The van der Waals surface area contributed by atoms with Gasteiger partial charge in [-0.25, -0.2) is 0 Å². The molecule has 0 aromatic rings. The first kappa shape index (κ1) is 7.43. The standard InChI is InChI=1S/C5H12N2O/c6-4-2-1-3-5(7)8/h1-4,6H2,(H2,7,8)/p+1. The van der Waals surface area contributed by atoms with Gasteiger partial charge in [0, 0.05) is 6.42 Å². The van der Waals surface area contributed by atoms with Crippen molar-refractivity contribution in [1.82, 2.24) is 0 Å². The summed E-state index contributed by atoms with van der Waals surface area (Å²) in [5, 5.41) is 0. The second-order valence-electron chi connectivity index (χ2n) is 1.78. The van der Waals surface area contributed by atoms with Crippen LogP contribution < -0.4 is 11.5 Å². The Balaban J connectivity index is 2.82. The predicted octanol–water partition coefficient (Wildman–Crippen LogP) is -1.12. The third-order valence-corrected chi connectivity index (χ3v) is 0.923. The maximum absolute atomic E-state index is 10.1. The zero-order valence-corrected chi connectivity index (χ0v) is 5.02. The summed E-state index contributed by atoms with van der Waals surface area (Å²) in [6, 6.07) is 0. The Morgan fingerprint density at radius 3 is 2.50 bits per heavy atom. The van der Waals surface area contributed by atoms with Crippen LogP contribution in [-0.4, -0.2) is 12.5 Å². The van der Waals surface area contributed by atoms with Crippen molar-refractivity contribution in [2.24, 2.45) is 5.73 Å². The molecule has 0 aromatic carbocycles. The fraction of sp³-hybridized carbons (Fsp3) is 0.800. The second kappa shape index (κ2) is 4.59. The van der Waals surface area contributed by atoms with Crippen molar-refractivity contribution in [3.05, 3.63) is 0 Å². The van der Waals surface area contributed by atoms with Crippen molar-refractivity contribution < 1.29 is 10.5 Å². The lowest BCUT2D eigenvalue weighted by molar-refractivity contribution is -0.368. The topological polar surface area (TPSA) is 70.7 Å². The zero-order valence-electron chi connectivity index (χ0n) is 5.02. The second-order valence-corrected chi connectivity index (χ2v) is 1.78. The average Bonchev–Trinajstić information content (AvgIpc) is 1.66. The molecule has 0 unspecified atom stereocenters. The maximum Gasteiger partial charge on any atom is 0.217 e. The fourth-order valence-electron chi connectivity index (χ4n) is 0.476. The average molecular weight is 117 g/mol. The molecule has 1 amide bonds. The highest BCUT2D eigenvalue weighted by atomic mass is 16.1. The number of rotatable bonds is 4. The van der Waals surface area contributed by atoms with Gasteiger partial charge in [0.2, 0.25) is 5.91 Å². The first-order chi connectivity index (χ1) is 3.77. The molecule has 0 bridgehead atoms. The lowest BCUT2D eigenvalue weighted by Gasteiger charge is -1.89. The molecule has 0 radical (unpaired) electrons. The minimum Gasteiger partial charge on any atom is -0.370 e. The molecule has 0 aliphatic carbocycles. The minimum absolute atomic E-state index is 0.210. The molecule has 0 fully saturated rings. The van der Waals surface area contributed by atoms with Crippen LogP contribution >= 0.6 is 0 Å². The highest BCUT2D eigenvalue weighted by Crippen LogP contribution is 1.89. The van der Waals surface area contributed by atoms with E-state index in [9.17, 15) is 4.79 Å². The molecule has 8 heavy (non-hydrogen) atoms. The molecule has 0 atom stereocenters. The number of amides is 1. The molecular weight excluding hydrogens is 104 g/mol. The van der Waals surface area contributed by atoms with Gasteiger partial charge in [-0.1, -0.05) is 0 Å². The number of carbonyl (C=O) groups is 1. The Labute approximate surface area is 49.0 Å². The van der Waals surface area contributed by atoms with E-state index < -0.39 is 0 Å². The van der Waals surface area contributed by atoms with Crippen molar-refractivity contribution in [3.63, 3.8) is 0 Å². The molecule has 0 aliphatic heterocycles. The normalized spacial score (nSPS) is 9.12. The molecule has 3 heteroatoms. The molecule has 0 aliphatic rings.